The predicted molar refractivity (Wildman–Crippen MR) is 93.1 cm³/mol. The Morgan fingerprint density at radius 2 is 1.76 bits per heavy atom. The normalized spacial score (nSPS) is 20.4. The van der Waals surface area contributed by atoms with E-state index in [0.29, 0.717) is 24.4 Å². The van der Waals surface area contributed by atoms with Crippen molar-refractivity contribution < 1.29 is 18.7 Å². The Hall–Kier alpha value is -2.40. The van der Waals surface area contributed by atoms with Gasteiger partial charge in [0.25, 0.3) is 5.91 Å². The highest BCUT2D eigenvalue weighted by Crippen LogP contribution is 2.23. The van der Waals surface area contributed by atoms with Gasteiger partial charge in [0.1, 0.15) is 18.2 Å². The van der Waals surface area contributed by atoms with E-state index < -0.39 is 0 Å². The van der Waals surface area contributed by atoms with E-state index in [1.165, 1.54) is 12.1 Å². The lowest BCUT2D eigenvalue weighted by Gasteiger charge is -2.35. The van der Waals surface area contributed by atoms with Gasteiger partial charge in [0, 0.05) is 13.1 Å². The first kappa shape index (κ1) is 17.4. The summed E-state index contributed by atoms with van der Waals surface area (Å²) >= 11 is 0. The molecule has 0 aliphatic carbocycles. The van der Waals surface area contributed by atoms with Gasteiger partial charge in [-0.25, -0.2) is 4.39 Å². The highest BCUT2D eigenvalue weighted by molar-refractivity contribution is 5.97. The smallest absolute Gasteiger partial charge is 0.257 e. The van der Waals surface area contributed by atoms with Crippen LogP contribution in [0.1, 0.15) is 29.8 Å². The SMILES string of the molecule is C[C@@H]1CN(C(=O)c2ccccc2OCc2ccc(F)cc2)C[C@H](C)O1. The van der Waals surface area contributed by atoms with Gasteiger partial charge in [-0.1, -0.05) is 24.3 Å². The minimum atomic E-state index is -0.283. The van der Waals surface area contributed by atoms with Crippen molar-refractivity contribution in [3.8, 4) is 5.75 Å². The third kappa shape index (κ3) is 4.37. The molecule has 0 bridgehead atoms. The van der Waals surface area contributed by atoms with Gasteiger partial charge in [-0.15, -0.1) is 0 Å². The fourth-order valence-corrected chi connectivity index (χ4v) is 3.02. The molecule has 5 heteroatoms. The molecule has 1 saturated heterocycles. The molecule has 0 radical (unpaired) electrons. The summed E-state index contributed by atoms with van der Waals surface area (Å²) < 4.78 is 24.5. The van der Waals surface area contributed by atoms with E-state index in [-0.39, 0.29) is 30.5 Å². The van der Waals surface area contributed by atoms with Crippen molar-refractivity contribution in [2.75, 3.05) is 13.1 Å². The first-order valence-electron chi connectivity index (χ1n) is 8.44. The Bertz CT molecular complexity index is 722. The maximum absolute atomic E-state index is 13.0. The zero-order valence-corrected chi connectivity index (χ0v) is 14.4. The molecule has 0 aromatic heterocycles. The van der Waals surface area contributed by atoms with Crippen LogP contribution in [0.5, 0.6) is 5.75 Å². The van der Waals surface area contributed by atoms with Crippen molar-refractivity contribution in [1.29, 1.82) is 0 Å². The molecule has 1 aliphatic rings. The van der Waals surface area contributed by atoms with Crippen LogP contribution in [0.3, 0.4) is 0 Å². The monoisotopic (exact) mass is 343 g/mol. The number of hydrogen-bond acceptors (Lipinski definition) is 3. The summed E-state index contributed by atoms with van der Waals surface area (Å²) in [7, 11) is 0. The molecule has 25 heavy (non-hydrogen) atoms. The molecule has 0 N–H and O–H groups in total. The third-order valence-corrected chi connectivity index (χ3v) is 4.13. The summed E-state index contributed by atoms with van der Waals surface area (Å²) in [4.78, 5) is 14.7. The molecule has 2 aromatic carbocycles. The number of rotatable bonds is 4. The Kier molecular flexibility index (Phi) is 5.34. The number of halogens is 1. The lowest BCUT2D eigenvalue weighted by molar-refractivity contribution is -0.0586. The fraction of sp³-hybridized carbons (Fsp3) is 0.350. The molecule has 1 aliphatic heterocycles. The van der Waals surface area contributed by atoms with E-state index in [2.05, 4.69) is 0 Å². The van der Waals surface area contributed by atoms with Crippen molar-refractivity contribution >= 4 is 5.91 Å². The summed E-state index contributed by atoms with van der Waals surface area (Å²) in [6.45, 7) is 5.34. The molecular formula is C20H22FNO3. The van der Waals surface area contributed by atoms with Crippen LogP contribution in [0, 0.1) is 5.82 Å². The van der Waals surface area contributed by atoms with Crippen molar-refractivity contribution in [2.45, 2.75) is 32.7 Å². The third-order valence-electron chi connectivity index (χ3n) is 4.13. The number of carbonyl (C=O) groups is 1. The number of morpholine rings is 1. The van der Waals surface area contributed by atoms with Gasteiger partial charge in [0.2, 0.25) is 0 Å². The van der Waals surface area contributed by atoms with Gasteiger partial charge in [0.15, 0.2) is 0 Å². The Labute approximate surface area is 147 Å². The minimum absolute atomic E-state index is 0.0139. The maximum Gasteiger partial charge on any atom is 0.257 e. The molecular weight excluding hydrogens is 321 g/mol. The highest BCUT2D eigenvalue weighted by atomic mass is 19.1. The second-order valence-corrected chi connectivity index (χ2v) is 6.38. The first-order valence-corrected chi connectivity index (χ1v) is 8.44. The van der Waals surface area contributed by atoms with Crippen molar-refractivity contribution in [3.05, 3.63) is 65.5 Å². The van der Waals surface area contributed by atoms with E-state index >= 15 is 0 Å². The lowest BCUT2D eigenvalue weighted by Crippen LogP contribution is -2.48. The Balaban J connectivity index is 1.73. The molecule has 0 saturated carbocycles. The second kappa shape index (κ2) is 7.66. The largest absolute Gasteiger partial charge is 0.488 e. The lowest BCUT2D eigenvalue weighted by atomic mass is 10.1. The van der Waals surface area contributed by atoms with Gasteiger partial charge in [-0.2, -0.15) is 0 Å². The number of hydrogen-bond donors (Lipinski definition) is 0. The Morgan fingerprint density at radius 1 is 1.12 bits per heavy atom. The molecule has 2 aromatic rings. The van der Waals surface area contributed by atoms with Crippen LogP contribution in [0.2, 0.25) is 0 Å². The van der Waals surface area contributed by atoms with Gasteiger partial charge >= 0.3 is 0 Å². The topological polar surface area (TPSA) is 38.8 Å². The van der Waals surface area contributed by atoms with Gasteiger partial charge in [-0.05, 0) is 43.7 Å². The highest BCUT2D eigenvalue weighted by Gasteiger charge is 2.28. The van der Waals surface area contributed by atoms with Crippen LogP contribution >= 0.6 is 0 Å². The zero-order valence-electron chi connectivity index (χ0n) is 14.4. The molecule has 1 heterocycles. The standard InChI is InChI=1S/C20H22FNO3/c1-14-11-22(12-15(2)25-14)20(23)18-5-3-4-6-19(18)24-13-16-7-9-17(21)10-8-16/h3-10,14-15H,11-13H2,1-2H3/t14-,15+. The van der Waals surface area contributed by atoms with E-state index in [4.69, 9.17) is 9.47 Å². The molecule has 4 nitrogen and oxygen atoms in total. The summed E-state index contributed by atoms with van der Waals surface area (Å²) in [6, 6.07) is 13.3. The van der Waals surface area contributed by atoms with Gasteiger partial charge in [0.05, 0.1) is 17.8 Å². The van der Waals surface area contributed by atoms with Crippen LogP contribution in [-0.2, 0) is 11.3 Å². The fourth-order valence-electron chi connectivity index (χ4n) is 3.02. The van der Waals surface area contributed by atoms with E-state index in [0.717, 1.165) is 5.56 Å². The second-order valence-electron chi connectivity index (χ2n) is 6.38. The summed E-state index contributed by atoms with van der Waals surface area (Å²) in [5.41, 5.74) is 1.38. The van der Waals surface area contributed by atoms with Crippen LogP contribution in [0.4, 0.5) is 4.39 Å². The predicted octanol–water partition coefficient (Wildman–Crippen LogP) is 3.65. The molecule has 132 valence electrons. The summed E-state index contributed by atoms with van der Waals surface area (Å²) in [5, 5.41) is 0. The average Bonchev–Trinajstić information content (AvgIpc) is 2.60. The van der Waals surface area contributed by atoms with Crippen LogP contribution in [-0.4, -0.2) is 36.1 Å². The van der Waals surface area contributed by atoms with Crippen LogP contribution in [0.15, 0.2) is 48.5 Å². The van der Waals surface area contributed by atoms with E-state index in [1.54, 1.807) is 29.2 Å². The average molecular weight is 343 g/mol. The summed E-state index contributed by atoms with van der Waals surface area (Å²) in [6.07, 6.45) is 0.0278. The van der Waals surface area contributed by atoms with Gasteiger partial charge in [-0.3, -0.25) is 4.79 Å². The minimum Gasteiger partial charge on any atom is -0.488 e. The Morgan fingerprint density at radius 3 is 2.44 bits per heavy atom. The van der Waals surface area contributed by atoms with E-state index in [9.17, 15) is 9.18 Å². The number of benzene rings is 2. The number of para-hydroxylation sites is 1. The summed E-state index contributed by atoms with van der Waals surface area (Å²) in [5.74, 6) is 0.190. The maximum atomic E-state index is 13.0. The van der Waals surface area contributed by atoms with Crippen LogP contribution < -0.4 is 4.74 Å². The number of amides is 1. The first-order chi connectivity index (χ1) is 12.0. The molecule has 1 fully saturated rings. The molecule has 2 atom stereocenters. The number of carbonyl (C=O) groups excluding carboxylic acids is 1. The quantitative estimate of drug-likeness (QED) is 0.850. The van der Waals surface area contributed by atoms with Gasteiger partial charge < -0.3 is 14.4 Å². The number of ether oxygens (including phenoxy) is 2. The molecule has 0 unspecified atom stereocenters. The van der Waals surface area contributed by atoms with Crippen molar-refractivity contribution in [2.24, 2.45) is 0 Å². The van der Waals surface area contributed by atoms with Crippen LogP contribution in [0.25, 0.3) is 0 Å². The zero-order chi connectivity index (χ0) is 17.8. The van der Waals surface area contributed by atoms with Crippen molar-refractivity contribution in [1.82, 2.24) is 4.90 Å². The molecule has 1 amide bonds. The molecule has 0 spiro atoms. The number of nitrogens with zero attached hydrogens (tertiary/aromatic N) is 1. The van der Waals surface area contributed by atoms with Crippen molar-refractivity contribution in [3.63, 3.8) is 0 Å². The molecule has 3 rings (SSSR count). The van der Waals surface area contributed by atoms with E-state index in [1.807, 2.05) is 26.0 Å².